The lowest BCUT2D eigenvalue weighted by Crippen LogP contribution is -2.12. The van der Waals surface area contributed by atoms with Gasteiger partial charge in [-0.15, -0.1) is 0 Å². The molecule has 1 N–H and O–H groups in total. The SMILES string of the molecule is C/C=C1/C=NN/C1=N/C. The van der Waals surface area contributed by atoms with Crippen LogP contribution in [0.4, 0.5) is 0 Å². The van der Waals surface area contributed by atoms with Crippen molar-refractivity contribution in [3.05, 3.63) is 11.6 Å². The second-order valence-corrected chi connectivity index (χ2v) is 1.69. The summed E-state index contributed by atoms with van der Waals surface area (Å²) in [5, 5.41) is 3.81. The van der Waals surface area contributed by atoms with Crippen molar-refractivity contribution in [1.29, 1.82) is 0 Å². The van der Waals surface area contributed by atoms with Crippen molar-refractivity contribution in [2.75, 3.05) is 7.05 Å². The van der Waals surface area contributed by atoms with Gasteiger partial charge in [0.1, 0.15) is 5.84 Å². The summed E-state index contributed by atoms with van der Waals surface area (Å²) in [5.74, 6) is 0.845. The summed E-state index contributed by atoms with van der Waals surface area (Å²) >= 11 is 0. The third-order valence-corrected chi connectivity index (χ3v) is 1.18. The molecule has 0 radical (unpaired) electrons. The van der Waals surface area contributed by atoms with Crippen LogP contribution < -0.4 is 5.43 Å². The first kappa shape index (κ1) is 6.01. The summed E-state index contributed by atoms with van der Waals surface area (Å²) in [5.41, 5.74) is 3.81. The Morgan fingerprint density at radius 2 is 2.56 bits per heavy atom. The van der Waals surface area contributed by atoms with Crippen LogP contribution in [0.5, 0.6) is 0 Å². The first-order valence-electron chi connectivity index (χ1n) is 2.81. The molecule has 0 aromatic rings. The molecule has 0 atom stereocenters. The van der Waals surface area contributed by atoms with Crippen LogP contribution in [0.3, 0.4) is 0 Å². The van der Waals surface area contributed by atoms with Crippen molar-refractivity contribution in [3.8, 4) is 0 Å². The molecule has 0 spiro atoms. The molecular weight excluding hydrogens is 114 g/mol. The normalized spacial score (nSPS) is 25.6. The van der Waals surface area contributed by atoms with Gasteiger partial charge in [-0.1, -0.05) is 6.08 Å². The zero-order valence-electron chi connectivity index (χ0n) is 5.55. The fourth-order valence-electron chi connectivity index (χ4n) is 0.679. The number of allylic oxidation sites excluding steroid dienone is 1. The molecular formula is C6H9N3. The molecule has 0 amide bonds. The fraction of sp³-hybridized carbons (Fsp3) is 0.333. The summed E-state index contributed by atoms with van der Waals surface area (Å²) in [7, 11) is 1.74. The summed E-state index contributed by atoms with van der Waals surface area (Å²) in [4.78, 5) is 3.95. The Morgan fingerprint density at radius 1 is 1.78 bits per heavy atom. The van der Waals surface area contributed by atoms with Crippen molar-refractivity contribution in [1.82, 2.24) is 5.43 Å². The number of aliphatic imine (C=N–C) groups is 1. The average Bonchev–Trinajstić information content (AvgIpc) is 2.33. The quantitative estimate of drug-likeness (QED) is 0.501. The molecule has 1 rings (SSSR count). The molecule has 0 unspecified atom stereocenters. The Labute approximate surface area is 54.2 Å². The molecule has 0 aliphatic carbocycles. The minimum Gasteiger partial charge on any atom is -0.270 e. The number of nitrogens with zero attached hydrogens (tertiary/aromatic N) is 2. The standard InChI is InChI=1S/C6H9N3/c1-3-5-4-8-9-6(5)7-2/h3-4H,1-2H3,(H,7,9)/b5-3-. The summed E-state index contributed by atoms with van der Waals surface area (Å²) in [6.07, 6.45) is 3.72. The van der Waals surface area contributed by atoms with Crippen molar-refractivity contribution in [3.63, 3.8) is 0 Å². The predicted octanol–water partition coefficient (Wildman–Crippen LogP) is 0.550. The van der Waals surface area contributed by atoms with Gasteiger partial charge in [0.2, 0.25) is 0 Å². The van der Waals surface area contributed by atoms with Gasteiger partial charge in [0.25, 0.3) is 0 Å². The smallest absolute Gasteiger partial charge is 0.149 e. The van der Waals surface area contributed by atoms with E-state index in [1.54, 1.807) is 13.3 Å². The predicted molar refractivity (Wildman–Crippen MR) is 38.7 cm³/mol. The van der Waals surface area contributed by atoms with Gasteiger partial charge < -0.3 is 0 Å². The number of hydrogen-bond donors (Lipinski definition) is 1. The van der Waals surface area contributed by atoms with E-state index in [4.69, 9.17) is 0 Å². The molecule has 0 fully saturated rings. The van der Waals surface area contributed by atoms with Crippen LogP contribution in [-0.2, 0) is 0 Å². The van der Waals surface area contributed by atoms with Gasteiger partial charge in [0, 0.05) is 12.6 Å². The third-order valence-electron chi connectivity index (χ3n) is 1.18. The Bertz CT molecular complexity index is 188. The lowest BCUT2D eigenvalue weighted by atomic mass is 10.3. The van der Waals surface area contributed by atoms with E-state index in [1.165, 1.54) is 0 Å². The van der Waals surface area contributed by atoms with E-state index in [1.807, 2.05) is 13.0 Å². The van der Waals surface area contributed by atoms with E-state index < -0.39 is 0 Å². The number of rotatable bonds is 0. The Kier molecular flexibility index (Phi) is 1.63. The molecule has 3 heteroatoms. The molecule has 3 nitrogen and oxygen atoms in total. The van der Waals surface area contributed by atoms with Crippen molar-refractivity contribution < 1.29 is 0 Å². The van der Waals surface area contributed by atoms with Gasteiger partial charge in [-0.2, -0.15) is 5.10 Å². The molecule has 9 heavy (non-hydrogen) atoms. The zero-order valence-corrected chi connectivity index (χ0v) is 5.55. The highest BCUT2D eigenvalue weighted by atomic mass is 15.3. The second kappa shape index (κ2) is 2.44. The number of hydrogen-bond acceptors (Lipinski definition) is 2. The van der Waals surface area contributed by atoms with Crippen LogP contribution in [0, 0.1) is 0 Å². The highest BCUT2D eigenvalue weighted by Crippen LogP contribution is 1.97. The summed E-state index contributed by atoms with van der Waals surface area (Å²) in [6.45, 7) is 1.96. The van der Waals surface area contributed by atoms with Crippen molar-refractivity contribution >= 4 is 12.1 Å². The molecule has 1 aliphatic rings. The molecule has 0 aromatic carbocycles. The van der Waals surface area contributed by atoms with E-state index in [2.05, 4.69) is 15.5 Å². The Balaban J connectivity index is 2.84. The molecule has 1 heterocycles. The maximum atomic E-state index is 3.95. The van der Waals surface area contributed by atoms with E-state index in [0.717, 1.165) is 11.4 Å². The molecule has 1 aliphatic heterocycles. The fourth-order valence-corrected chi connectivity index (χ4v) is 0.679. The van der Waals surface area contributed by atoms with Crippen LogP contribution in [-0.4, -0.2) is 19.1 Å². The highest BCUT2D eigenvalue weighted by Gasteiger charge is 2.05. The minimum atomic E-state index is 0.845. The average molecular weight is 123 g/mol. The lowest BCUT2D eigenvalue weighted by molar-refractivity contribution is 1.05. The van der Waals surface area contributed by atoms with E-state index in [0.29, 0.717) is 0 Å². The molecule has 0 saturated heterocycles. The van der Waals surface area contributed by atoms with Gasteiger partial charge in [0.15, 0.2) is 0 Å². The number of amidine groups is 1. The van der Waals surface area contributed by atoms with E-state index >= 15 is 0 Å². The Morgan fingerprint density at radius 3 is 3.00 bits per heavy atom. The Hall–Kier alpha value is -1.12. The zero-order chi connectivity index (χ0) is 6.69. The maximum Gasteiger partial charge on any atom is 0.149 e. The van der Waals surface area contributed by atoms with Crippen LogP contribution in [0.25, 0.3) is 0 Å². The summed E-state index contributed by atoms with van der Waals surface area (Å²) in [6, 6.07) is 0. The topological polar surface area (TPSA) is 36.8 Å². The number of nitrogens with one attached hydrogen (secondary N) is 1. The molecule has 0 bridgehead atoms. The number of hydrazone groups is 1. The van der Waals surface area contributed by atoms with Gasteiger partial charge in [0.05, 0.1) is 6.21 Å². The molecule has 0 saturated carbocycles. The van der Waals surface area contributed by atoms with Crippen LogP contribution in [0.1, 0.15) is 6.92 Å². The van der Waals surface area contributed by atoms with Gasteiger partial charge >= 0.3 is 0 Å². The minimum absolute atomic E-state index is 0.845. The van der Waals surface area contributed by atoms with Crippen molar-refractivity contribution in [2.24, 2.45) is 10.1 Å². The van der Waals surface area contributed by atoms with Crippen LogP contribution in [0.15, 0.2) is 21.7 Å². The van der Waals surface area contributed by atoms with Gasteiger partial charge in [-0.3, -0.25) is 10.4 Å². The molecule has 0 aromatic heterocycles. The maximum absolute atomic E-state index is 3.95. The second-order valence-electron chi connectivity index (χ2n) is 1.69. The summed E-state index contributed by atoms with van der Waals surface area (Å²) < 4.78 is 0. The monoisotopic (exact) mass is 123 g/mol. The van der Waals surface area contributed by atoms with Gasteiger partial charge in [-0.25, -0.2) is 0 Å². The van der Waals surface area contributed by atoms with E-state index in [-0.39, 0.29) is 0 Å². The first-order valence-corrected chi connectivity index (χ1v) is 2.81. The van der Waals surface area contributed by atoms with Crippen LogP contribution >= 0.6 is 0 Å². The van der Waals surface area contributed by atoms with E-state index in [9.17, 15) is 0 Å². The van der Waals surface area contributed by atoms with Crippen molar-refractivity contribution in [2.45, 2.75) is 6.92 Å². The molecule has 48 valence electrons. The third kappa shape index (κ3) is 0.988. The largest absolute Gasteiger partial charge is 0.270 e. The van der Waals surface area contributed by atoms with Crippen LogP contribution in [0.2, 0.25) is 0 Å². The van der Waals surface area contributed by atoms with Gasteiger partial charge in [-0.05, 0) is 6.92 Å². The lowest BCUT2D eigenvalue weighted by Gasteiger charge is -1.92. The highest BCUT2D eigenvalue weighted by molar-refractivity contribution is 6.17. The first-order chi connectivity index (χ1) is 4.38.